The smallest absolute Gasteiger partial charge is 0.266 e. The van der Waals surface area contributed by atoms with Crippen molar-refractivity contribution >= 4 is 34.6 Å². The molecule has 2 aromatic rings. The Bertz CT molecular complexity index is 907. The monoisotopic (exact) mass is 384 g/mol. The van der Waals surface area contributed by atoms with E-state index in [9.17, 15) is 9.90 Å². The Hall–Kier alpha value is -2.93. The number of thioether (sulfide) groups is 1. The number of methoxy groups -OCH3 is 2. The zero-order valence-electron chi connectivity index (χ0n) is 15.3. The Morgan fingerprint density at radius 3 is 2.44 bits per heavy atom. The number of hydrogen-bond donors (Lipinski definition) is 1. The van der Waals surface area contributed by atoms with Crippen molar-refractivity contribution in [3.05, 3.63) is 52.9 Å². The molecule has 0 aromatic heterocycles. The van der Waals surface area contributed by atoms with E-state index in [1.165, 1.54) is 11.8 Å². The van der Waals surface area contributed by atoms with Gasteiger partial charge in [0.1, 0.15) is 5.75 Å². The lowest BCUT2D eigenvalue weighted by atomic mass is 10.2. The van der Waals surface area contributed by atoms with Crippen LogP contribution in [0, 0.1) is 0 Å². The lowest BCUT2D eigenvalue weighted by Gasteiger charge is -2.12. The van der Waals surface area contributed by atoms with E-state index in [0.29, 0.717) is 33.8 Å². The van der Waals surface area contributed by atoms with Crippen LogP contribution in [0.5, 0.6) is 17.2 Å². The molecule has 3 rings (SSSR count). The van der Waals surface area contributed by atoms with Crippen molar-refractivity contribution < 1.29 is 19.4 Å². The number of amidine groups is 1. The fourth-order valence-electron chi connectivity index (χ4n) is 2.60. The van der Waals surface area contributed by atoms with Crippen LogP contribution < -0.4 is 9.47 Å². The highest BCUT2D eigenvalue weighted by molar-refractivity contribution is 8.18. The van der Waals surface area contributed by atoms with Gasteiger partial charge in [-0.1, -0.05) is 6.07 Å². The van der Waals surface area contributed by atoms with E-state index in [1.807, 2.05) is 25.1 Å². The molecule has 0 unspecified atom stereocenters. The van der Waals surface area contributed by atoms with Crippen LogP contribution in [0.3, 0.4) is 0 Å². The lowest BCUT2D eigenvalue weighted by molar-refractivity contribution is -0.122. The summed E-state index contributed by atoms with van der Waals surface area (Å²) in [4.78, 5) is 19.5. The molecule has 0 radical (unpaired) electrons. The number of hydrogen-bond acceptors (Lipinski definition) is 6. The van der Waals surface area contributed by atoms with Crippen LogP contribution in [-0.2, 0) is 4.79 Å². The van der Waals surface area contributed by atoms with Crippen molar-refractivity contribution in [2.75, 3.05) is 20.8 Å². The van der Waals surface area contributed by atoms with Crippen LogP contribution in [0.2, 0.25) is 0 Å². The number of amides is 1. The van der Waals surface area contributed by atoms with Gasteiger partial charge in [-0.15, -0.1) is 0 Å². The van der Waals surface area contributed by atoms with E-state index in [4.69, 9.17) is 9.47 Å². The maximum atomic E-state index is 12.7. The number of aliphatic imine (C=N–C) groups is 1. The Balaban J connectivity index is 1.92. The summed E-state index contributed by atoms with van der Waals surface area (Å²) in [7, 11) is 3.16. The van der Waals surface area contributed by atoms with Crippen molar-refractivity contribution in [2.24, 2.45) is 4.99 Å². The Kier molecular flexibility index (Phi) is 5.71. The molecule has 1 aliphatic heterocycles. The zero-order chi connectivity index (χ0) is 19.4. The summed E-state index contributed by atoms with van der Waals surface area (Å²) < 4.78 is 10.6. The van der Waals surface area contributed by atoms with Gasteiger partial charge in [-0.25, -0.2) is 4.99 Å². The second kappa shape index (κ2) is 8.18. The summed E-state index contributed by atoms with van der Waals surface area (Å²) >= 11 is 1.32. The Morgan fingerprint density at radius 1 is 1.11 bits per heavy atom. The topological polar surface area (TPSA) is 71.4 Å². The number of rotatable bonds is 5. The summed E-state index contributed by atoms with van der Waals surface area (Å²) in [6.45, 7) is 2.43. The van der Waals surface area contributed by atoms with Gasteiger partial charge in [0.25, 0.3) is 5.91 Å². The van der Waals surface area contributed by atoms with Crippen molar-refractivity contribution in [2.45, 2.75) is 6.92 Å². The third-order valence-electron chi connectivity index (χ3n) is 3.98. The summed E-state index contributed by atoms with van der Waals surface area (Å²) in [6.07, 6.45) is 1.82. The molecule has 27 heavy (non-hydrogen) atoms. The Labute approximate surface area is 162 Å². The van der Waals surface area contributed by atoms with E-state index in [1.54, 1.807) is 49.5 Å². The van der Waals surface area contributed by atoms with Gasteiger partial charge in [-0.3, -0.25) is 9.69 Å². The summed E-state index contributed by atoms with van der Waals surface area (Å²) in [5.74, 6) is 1.33. The minimum absolute atomic E-state index is 0.0881. The maximum absolute atomic E-state index is 12.7. The largest absolute Gasteiger partial charge is 0.508 e. The number of phenolic OH excluding ortho intramolecular Hbond substituents is 1. The predicted octanol–water partition coefficient (Wildman–Crippen LogP) is 4.03. The average Bonchev–Trinajstić information content (AvgIpc) is 2.97. The van der Waals surface area contributed by atoms with Crippen molar-refractivity contribution in [1.82, 2.24) is 4.90 Å². The molecular formula is C20H20N2O4S. The van der Waals surface area contributed by atoms with E-state index in [-0.39, 0.29) is 11.7 Å². The minimum atomic E-state index is -0.0881. The molecule has 6 nitrogen and oxygen atoms in total. The number of phenols is 1. The van der Waals surface area contributed by atoms with E-state index in [2.05, 4.69) is 4.99 Å². The maximum Gasteiger partial charge on any atom is 0.266 e. The van der Waals surface area contributed by atoms with Crippen molar-refractivity contribution in [3.8, 4) is 17.2 Å². The molecule has 2 aromatic carbocycles. The van der Waals surface area contributed by atoms with Gasteiger partial charge in [0, 0.05) is 6.54 Å². The number of benzene rings is 2. The van der Waals surface area contributed by atoms with Crippen LogP contribution in [0.1, 0.15) is 12.5 Å². The molecule has 0 atom stereocenters. The van der Waals surface area contributed by atoms with Crippen LogP contribution >= 0.6 is 11.8 Å². The van der Waals surface area contributed by atoms with Gasteiger partial charge >= 0.3 is 0 Å². The van der Waals surface area contributed by atoms with Crippen molar-refractivity contribution in [3.63, 3.8) is 0 Å². The van der Waals surface area contributed by atoms with Gasteiger partial charge in [0.05, 0.1) is 24.8 Å². The van der Waals surface area contributed by atoms with Crippen molar-refractivity contribution in [1.29, 1.82) is 0 Å². The van der Waals surface area contributed by atoms with Gasteiger partial charge in [0.15, 0.2) is 16.7 Å². The van der Waals surface area contributed by atoms with Crippen LogP contribution in [0.15, 0.2) is 52.4 Å². The van der Waals surface area contributed by atoms with Crippen LogP contribution in [-0.4, -0.2) is 41.8 Å². The summed E-state index contributed by atoms with van der Waals surface area (Å²) in [5, 5.41) is 10.0. The van der Waals surface area contributed by atoms with Crippen LogP contribution in [0.4, 0.5) is 5.69 Å². The third-order valence-corrected chi connectivity index (χ3v) is 4.99. The molecule has 140 valence electrons. The first-order valence-electron chi connectivity index (χ1n) is 8.37. The zero-order valence-corrected chi connectivity index (χ0v) is 16.1. The molecule has 1 fully saturated rings. The molecule has 1 amide bonds. The molecule has 7 heteroatoms. The molecule has 1 N–H and O–H groups in total. The normalized spacial score (nSPS) is 17.0. The molecule has 0 saturated carbocycles. The average molecular weight is 384 g/mol. The first-order chi connectivity index (χ1) is 13.0. The van der Waals surface area contributed by atoms with Gasteiger partial charge in [-0.05, 0) is 66.7 Å². The van der Waals surface area contributed by atoms with E-state index >= 15 is 0 Å². The predicted molar refractivity (Wildman–Crippen MR) is 108 cm³/mol. The second-order valence-electron chi connectivity index (χ2n) is 5.69. The quantitative estimate of drug-likeness (QED) is 0.788. The molecule has 1 saturated heterocycles. The first kappa shape index (κ1) is 18.8. The summed E-state index contributed by atoms with van der Waals surface area (Å²) in [5.41, 5.74) is 1.51. The highest BCUT2D eigenvalue weighted by Gasteiger charge is 2.32. The highest BCUT2D eigenvalue weighted by Crippen LogP contribution is 2.35. The van der Waals surface area contributed by atoms with Crippen LogP contribution in [0.25, 0.3) is 6.08 Å². The first-order valence-corrected chi connectivity index (χ1v) is 9.18. The number of carbonyl (C=O) groups excluding carboxylic acids is 1. The number of nitrogens with zero attached hydrogens (tertiary/aromatic N) is 2. The standard InChI is InChI=1S/C20H20N2O4S/c1-4-22-19(24)18(12-13-5-10-16(25-2)17(11-13)26-3)27-20(22)21-14-6-8-15(23)9-7-14/h5-12,23H,4H2,1-3H3/b18-12-,21-20?. The number of aromatic hydroxyl groups is 1. The van der Waals surface area contributed by atoms with E-state index in [0.717, 1.165) is 5.56 Å². The molecular weight excluding hydrogens is 364 g/mol. The van der Waals surface area contributed by atoms with E-state index < -0.39 is 0 Å². The fourth-order valence-corrected chi connectivity index (χ4v) is 3.66. The van der Waals surface area contributed by atoms with Gasteiger partial charge in [0.2, 0.25) is 0 Å². The SMILES string of the molecule is CCN1C(=O)/C(=C/c2ccc(OC)c(OC)c2)SC1=Nc1ccc(O)cc1. The summed E-state index contributed by atoms with van der Waals surface area (Å²) in [6, 6.07) is 12.0. The molecule has 0 bridgehead atoms. The lowest BCUT2D eigenvalue weighted by Crippen LogP contribution is -2.28. The number of carbonyl (C=O) groups is 1. The highest BCUT2D eigenvalue weighted by atomic mass is 32.2. The molecule has 0 spiro atoms. The molecule has 1 aliphatic rings. The fraction of sp³-hybridized carbons (Fsp3) is 0.200. The molecule has 0 aliphatic carbocycles. The second-order valence-corrected chi connectivity index (χ2v) is 6.69. The third kappa shape index (κ3) is 4.09. The Morgan fingerprint density at radius 2 is 1.81 bits per heavy atom. The van der Waals surface area contributed by atoms with Gasteiger partial charge < -0.3 is 14.6 Å². The number of likely N-dealkylation sites (N-methyl/N-ethyl adjacent to an activating group) is 1. The number of ether oxygens (including phenoxy) is 2. The molecule has 1 heterocycles. The van der Waals surface area contributed by atoms with Gasteiger partial charge in [-0.2, -0.15) is 0 Å². The minimum Gasteiger partial charge on any atom is -0.508 e.